The molecule has 8 nitrogen and oxygen atoms in total. The quantitative estimate of drug-likeness (QED) is 0.149. The lowest BCUT2D eigenvalue weighted by atomic mass is 9.94. The van der Waals surface area contributed by atoms with Crippen molar-refractivity contribution in [1.29, 1.82) is 0 Å². The molecule has 4 aromatic carbocycles. The zero-order valence-electron chi connectivity index (χ0n) is 23.3. The van der Waals surface area contributed by atoms with Gasteiger partial charge in [0.25, 0.3) is 0 Å². The molecule has 8 heteroatoms. The number of hydrogen-bond acceptors (Lipinski definition) is 6. The Morgan fingerprint density at radius 2 is 1.21 bits per heavy atom. The number of benzene rings is 4. The largest absolute Gasteiger partial charge is 0.461 e. The van der Waals surface area contributed by atoms with E-state index in [4.69, 9.17) is 9.84 Å². The monoisotopic (exact) mass is 566 g/mol. The fraction of sp³-hybridized carbons (Fsp3) is 0.0571. The van der Waals surface area contributed by atoms with Crippen LogP contribution in [-0.2, 0) is 4.74 Å². The molecule has 0 bridgehead atoms. The molecule has 210 valence electrons. The van der Waals surface area contributed by atoms with Crippen molar-refractivity contribution < 1.29 is 19.1 Å². The highest BCUT2D eigenvalue weighted by Crippen LogP contribution is 2.33. The van der Waals surface area contributed by atoms with E-state index in [0.717, 1.165) is 0 Å². The number of para-hydroxylation sites is 2. The van der Waals surface area contributed by atoms with Crippen molar-refractivity contribution >= 4 is 17.5 Å². The Morgan fingerprint density at radius 1 is 0.651 bits per heavy atom. The fourth-order valence-electron chi connectivity index (χ4n) is 4.88. The molecule has 2 aromatic heterocycles. The second-order valence-electron chi connectivity index (χ2n) is 9.60. The first kappa shape index (κ1) is 27.3. The normalized spacial score (nSPS) is 10.8. The van der Waals surface area contributed by atoms with Gasteiger partial charge in [0.1, 0.15) is 5.69 Å². The van der Waals surface area contributed by atoms with Crippen LogP contribution < -0.4 is 0 Å². The Kier molecular flexibility index (Phi) is 7.56. The first-order valence-corrected chi connectivity index (χ1v) is 13.8. The number of ether oxygens (including phenoxy) is 1. The average Bonchev–Trinajstić information content (AvgIpc) is 3.69. The number of ketones is 2. The molecule has 0 N–H and O–H groups in total. The summed E-state index contributed by atoms with van der Waals surface area (Å²) >= 11 is 0. The molecule has 0 saturated carbocycles. The van der Waals surface area contributed by atoms with E-state index in [-0.39, 0.29) is 34.9 Å². The SMILES string of the molecule is CCOC(=O)c1nn(-c2ccccc2)cc1C(=O)c1nn(-c2ccccc2)c(-c2ccccc2)c1C(=O)c1ccccc1. The summed E-state index contributed by atoms with van der Waals surface area (Å²) < 4.78 is 8.31. The molecule has 6 rings (SSSR count). The minimum absolute atomic E-state index is 0.0262. The van der Waals surface area contributed by atoms with E-state index in [1.807, 2.05) is 84.9 Å². The van der Waals surface area contributed by atoms with Crippen LogP contribution in [0.1, 0.15) is 49.4 Å². The summed E-state index contributed by atoms with van der Waals surface area (Å²) in [5, 5.41) is 9.19. The van der Waals surface area contributed by atoms with Gasteiger partial charge in [-0.05, 0) is 31.2 Å². The maximum atomic E-state index is 14.5. The maximum Gasteiger partial charge on any atom is 0.359 e. The highest BCUT2D eigenvalue weighted by molar-refractivity contribution is 6.22. The van der Waals surface area contributed by atoms with Crippen molar-refractivity contribution in [2.45, 2.75) is 6.92 Å². The average molecular weight is 567 g/mol. The van der Waals surface area contributed by atoms with Crippen molar-refractivity contribution in [3.05, 3.63) is 156 Å². The van der Waals surface area contributed by atoms with E-state index in [1.165, 1.54) is 10.9 Å². The molecule has 0 radical (unpaired) electrons. The van der Waals surface area contributed by atoms with Crippen molar-refractivity contribution in [2.75, 3.05) is 6.61 Å². The summed E-state index contributed by atoms with van der Waals surface area (Å²) in [5.74, 6) is -1.75. The summed E-state index contributed by atoms with van der Waals surface area (Å²) in [6.07, 6.45) is 1.48. The topological polar surface area (TPSA) is 96.1 Å². The Bertz CT molecular complexity index is 1910. The zero-order chi connectivity index (χ0) is 29.8. The molecule has 0 aliphatic heterocycles. The second kappa shape index (κ2) is 11.9. The molecule has 0 fully saturated rings. The number of hydrogen-bond donors (Lipinski definition) is 0. The van der Waals surface area contributed by atoms with Gasteiger partial charge in [-0.15, -0.1) is 0 Å². The van der Waals surface area contributed by atoms with E-state index >= 15 is 0 Å². The molecule has 0 spiro atoms. The third-order valence-corrected chi connectivity index (χ3v) is 6.86. The first-order valence-electron chi connectivity index (χ1n) is 13.8. The minimum atomic E-state index is -0.748. The maximum absolute atomic E-state index is 14.5. The van der Waals surface area contributed by atoms with Gasteiger partial charge in [0.05, 0.1) is 34.8 Å². The number of carbonyl (C=O) groups is 3. The van der Waals surface area contributed by atoms with Crippen molar-refractivity contribution in [3.63, 3.8) is 0 Å². The van der Waals surface area contributed by atoms with Gasteiger partial charge < -0.3 is 4.74 Å². The van der Waals surface area contributed by atoms with Gasteiger partial charge in [-0.2, -0.15) is 10.2 Å². The fourth-order valence-corrected chi connectivity index (χ4v) is 4.88. The molecular formula is C35H26N4O4. The standard InChI is InChI=1S/C35H26N4O4/c1-2-43-35(42)30-28(23-38(36-30)26-19-11-5-12-20-26)34(41)31-29(33(40)25-17-9-4-10-18-25)32(24-15-7-3-8-16-24)39(37-31)27-21-13-6-14-22-27/h3-23H,2H2,1H3. The molecule has 0 saturated heterocycles. The number of rotatable bonds is 9. The van der Waals surface area contributed by atoms with Gasteiger partial charge in [-0.3, -0.25) is 9.59 Å². The van der Waals surface area contributed by atoms with Crippen LogP contribution in [0.5, 0.6) is 0 Å². The smallest absolute Gasteiger partial charge is 0.359 e. The third kappa shape index (κ3) is 5.29. The van der Waals surface area contributed by atoms with Gasteiger partial charge in [-0.25, -0.2) is 14.2 Å². The molecule has 0 aliphatic carbocycles. The summed E-state index contributed by atoms with van der Waals surface area (Å²) in [5.41, 5.74) is 2.68. The Balaban J connectivity index is 1.63. The highest BCUT2D eigenvalue weighted by Gasteiger charge is 2.34. The number of carbonyl (C=O) groups excluding carboxylic acids is 3. The molecular weight excluding hydrogens is 540 g/mol. The van der Waals surface area contributed by atoms with E-state index < -0.39 is 11.8 Å². The Morgan fingerprint density at radius 3 is 1.81 bits per heavy atom. The predicted octanol–water partition coefficient (Wildman–Crippen LogP) is 6.36. The Hall–Kier alpha value is -5.89. The lowest BCUT2D eigenvalue weighted by Crippen LogP contribution is -2.15. The first-order chi connectivity index (χ1) is 21.1. The molecule has 0 atom stereocenters. The van der Waals surface area contributed by atoms with Gasteiger partial charge in [0, 0.05) is 17.3 Å². The molecule has 0 unspecified atom stereocenters. The summed E-state index contributed by atoms with van der Waals surface area (Å²) in [6, 6.07) is 36.5. The van der Waals surface area contributed by atoms with Crippen LogP contribution >= 0.6 is 0 Å². The lowest BCUT2D eigenvalue weighted by molar-refractivity contribution is 0.0516. The van der Waals surface area contributed by atoms with Gasteiger partial charge in [0.2, 0.25) is 5.78 Å². The van der Waals surface area contributed by atoms with Crippen LogP contribution in [-0.4, -0.2) is 43.7 Å². The Labute approximate surface area is 247 Å². The van der Waals surface area contributed by atoms with E-state index in [1.54, 1.807) is 48.0 Å². The minimum Gasteiger partial charge on any atom is -0.461 e. The lowest BCUT2D eigenvalue weighted by Gasteiger charge is -2.10. The van der Waals surface area contributed by atoms with Crippen molar-refractivity contribution in [3.8, 4) is 22.6 Å². The molecule has 6 aromatic rings. The van der Waals surface area contributed by atoms with Gasteiger partial charge in [0.15, 0.2) is 11.5 Å². The summed E-state index contributed by atoms with van der Waals surface area (Å²) in [4.78, 5) is 41.8. The van der Waals surface area contributed by atoms with Crippen LogP contribution in [0, 0.1) is 0 Å². The molecule has 0 aliphatic rings. The van der Waals surface area contributed by atoms with E-state index in [0.29, 0.717) is 28.2 Å². The number of nitrogens with zero attached hydrogens (tertiary/aromatic N) is 4. The van der Waals surface area contributed by atoms with Crippen molar-refractivity contribution in [1.82, 2.24) is 19.6 Å². The molecule has 0 amide bonds. The van der Waals surface area contributed by atoms with Crippen LogP contribution in [0.4, 0.5) is 0 Å². The van der Waals surface area contributed by atoms with Crippen LogP contribution in [0.3, 0.4) is 0 Å². The summed E-state index contributed by atoms with van der Waals surface area (Å²) in [6.45, 7) is 1.78. The molecule has 43 heavy (non-hydrogen) atoms. The molecule has 2 heterocycles. The number of aromatic nitrogens is 4. The second-order valence-corrected chi connectivity index (χ2v) is 9.60. The van der Waals surface area contributed by atoms with Crippen LogP contribution in [0.2, 0.25) is 0 Å². The third-order valence-electron chi connectivity index (χ3n) is 6.86. The summed E-state index contributed by atoms with van der Waals surface area (Å²) in [7, 11) is 0. The highest BCUT2D eigenvalue weighted by atomic mass is 16.5. The zero-order valence-corrected chi connectivity index (χ0v) is 23.3. The van der Waals surface area contributed by atoms with Crippen LogP contribution in [0.15, 0.2) is 128 Å². The van der Waals surface area contributed by atoms with Gasteiger partial charge in [-0.1, -0.05) is 97.1 Å². The van der Waals surface area contributed by atoms with Crippen LogP contribution in [0.25, 0.3) is 22.6 Å². The predicted molar refractivity (Wildman–Crippen MR) is 162 cm³/mol. The van der Waals surface area contributed by atoms with E-state index in [2.05, 4.69) is 5.10 Å². The van der Waals surface area contributed by atoms with Gasteiger partial charge >= 0.3 is 5.97 Å². The van der Waals surface area contributed by atoms with Crippen molar-refractivity contribution in [2.24, 2.45) is 0 Å². The van der Waals surface area contributed by atoms with E-state index in [9.17, 15) is 14.4 Å². The number of esters is 1.